The van der Waals surface area contributed by atoms with Gasteiger partial charge in [0.15, 0.2) is 5.78 Å². The molecule has 0 spiro atoms. The van der Waals surface area contributed by atoms with Crippen LogP contribution in [0.3, 0.4) is 0 Å². The average Bonchev–Trinajstić information content (AvgIpc) is 2.75. The molecule has 6 heteroatoms. The van der Waals surface area contributed by atoms with E-state index in [0.717, 1.165) is 16.9 Å². The molecular weight excluding hydrogens is 274 g/mol. The third-order valence-corrected chi connectivity index (χ3v) is 3.59. The van der Waals surface area contributed by atoms with Crippen LogP contribution < -0.4 is 0 Å². The van der Waals surface area contributed by atoms with Crippen LogP contribution in [0.15, 0.2) is 24.3 Å². The van der Waals surface area contributed by atoms with Gasteiger partial charge in [-0.05, 0) is 12.1 Å². The van der Waals surface area contributed by atoms with Crippen molar-refractivity contribution in [3.63, 3.8) is 0 Å². The lowest BCUT2D eigenvalue weighted by molar-refractivity contribution is 0.0697. The normalized spacial score (nSPS) is 10.3. The summed E-state index contributed by atoms with van der Waals surface area (Å²) >= 11 is 6.75. The zero-order valence-electron chi connectivity index (χ0n) is 9.31. The summed E-state index contributed by atoms with van der Waals surface area (Å²) < 4.78 is 0. The molecule has 0 fully saturated rings. The van der Waals surface area contributed by atoms with Gasteiger partial charge in [0.25, 0.3) is 0 Å². The Morgan fingerprint density at radius 2 is 1.89 bits per heavy atom. The number of carboxylic acid groups (broad SMARTS) is 1. The fourth-order valence-corrected chi connectivity index (χ4v) is 2.50. The molecule has 0 radical (unpaired) electrons. The van der Waals surface area contributed by atoms with Gasteiger partial charge in [0, 0.05) is 17.5 Å². The molecule has 0 saturated heterocycles. The van der Waals surface area contributed by atoms with E-state index in [1.807, 2.05) is 0 Å². The van der Waals surface area contributed by atoms with Crippen molar-refractivity contribution in [2.75, 3.05) is 0 Å². The number of carbonyl (C=O) groups is 2. The molecule has 0 amide bonds. The zero-order valence-corrected chi connectivity index (χ0v) is 10.9. The number of halogens is 1. The number of thiazole rings is 1. The number of ketones is 1. The third-order valence-electron chi connectivity index (χ3n) is 2.25. The minimum absolute atomic E-state index is 0.00236. The van der Waals surface area contributed by atoms with Crippen LogP contribution in [0.25, 0.3) is 10.6 Å². The lowest BCUT2D eigenvalue weighted by Crippen LogP contribution is -2.02. The Kier molecular flexibility index (Phi) is 3.45. The van der Waals surface area contributed by atoms with E-state index in [4.69, 9.17) is 16.7 Å². The molecule has 1 aromatic carbocycles. The molecule has 1 heterocycles. The fourth-order valence-electron chi connectivity index (χ4n) is 1.42. The molecule has 0 aliphatic rings. The highest BCUT2D eigenvalue weighted by atomic mass is 35.5. The van der Waals surface area contributed by atoms with E-state index in [0.29, 0.717) is 10.0 Å². The maximum absolute atomic E-state index is 11.3. The van der Waals surface area contributed by atoms with Crippen LogP contribution in [0.5, 0.6) is 0 Å². The van der Waals surface area contributed by atoms with E-state index in [2.05, 4.69) is 4.98 Å². The largest absolute Gasteiger partial charge is 0.477 e. The quantitative estimate of drug-likeness (QED) is 0.876. The molecule has 1 N–H and O–H groups in total. The first-order valence-corrected chi connectivity index (χ1v) is 6.19. The highest BCUT2D eigenvalue weighted by Gasteiger charge is 2.20. The molecule has 18 heavy (non-hydrogen) atoms. The molecule has 0 aliphatic carbocycles. The first kappa shape index (κ1) is 12.7. The maximum atomic E-state index is 11.3. The van der Waals surface area contributed by atoms with Crippen LogP contribution in [-0.4, -0.2) is 21.8 Å². The fraction of sp³-hybridized carbons (Fsp3) is 0.0833. The summed E-state index contributed by atoms with van der Waals surface area (Å²) in [6, 6.07) is 6.84. The van der Waals surface area contributed by atoms with Crippen molar-refractivity contribution in [2.24, 2.45) is 0 Å². The Labute approximate surface area is 112 Å². The second-order valence-corrected chi connectivity index (χ2v) is 5.00. The van der Waals surface area contributed by atoms with Crippen LogP contribution in [0.2, 0.25) is 5.02 Å². The van der Waals surface area contributed by atoms with Gasteiger partial charge >= 0.3 is 5.97 Å². The summed E-state index contributed by atoms with van der Waals surface area (Å²) in [6.07, 6.45) is 0. The second kappa shape index (κ2) is 4.88. The number of carboxylic acids is 1. The molecule has 0 saturated carbocycles. The van der Waals surface area contributed by atoms with E-state index in [-0.39, 0.29) is 16.4 Å². The highest BCUT2D eigenvalue weighted by molar-refractivity contribution is 7.17. The topological polar surface area (TPSA) is 67.3 Å². The van der Waals surface area contributed by atoms with E-state index in [1.165, 1.54) is 6.92 Å². The first-order chi connectivity index (χ1) is 8.49. The monoisotopic (exact) mass is 281 g/mol. The van der Waals surface area contributed by atoms with Crippen molar-refractivity contribution < 1.29 is 14.7 Å². The van der Waals surface area contributed by atoms with Crippen molar-refractivity contribution in [1.82, 2.24) is 4.98 Å². The van der Waals surface area contributed by atoms with Crippen molar-refractivity contribution >= 4 is 34.7 Å². The Bertz CT molecular complexity index is 587. The molecule has 0 aliphatic heterocycles. The van der Waals surface area contributed by atoms with E-state index >= 15 is 0 Å². The lowest BCUT2D eigenvalue weighted by atomic mass is 10.2. The second-order valence-electron chi connectivity index (χ2n) is 3.56. The predicted octanol–water partition coefficient (Wildman–Crippen LogP) is 3.36. The van der Waals surface area contributed by atoms with Crippen molar-refractivity contribution in [3.8, 4) is 10.6 Å². The van der Waals surface area contributed by atoms with Gasteiger partial charge in [-0.15, -0.1) is 11.3 Å². The summed E-state index contributed by atoms with van der Waals surface area (Å²) in [7, 11) is 0. The molecule has 0 unspecified atom stereocenters. The first-order valence-electron chi connectivity index (χ1n) is 5.00. The van der Waals surface area contributed by atoms with Crippen molar-refractivity contribution in [2.45, 2.75) is 6.92 Å². The Balaban J connectivity index is 2.53. The Morgan fingerprint density at radius 3 is 2.33 bits per heavy atom. The SMILES string of the molecule is CC(=O)c1nc(-c2ccc(Cl)cc2)sc1C(=O)O. The number of Topliss-reactive ketones (excluding diaryl/α,β-unsaturated/α-hetero) is 1. The van der Waals surface area contributed by atoms with Gasteiger partial charge in [-0.1, -0.05) is 23.7 Å². The molecule has 0 atom stereocenters. The number of hydrogen-bond donors (Lipinski definition) is 1. The summed E-state index contributed by atoms with van der Waals surface area (Å²) in [5.74, 6) is -1.50. The van der Waals surface area contributed by atoms with Gasteiger partial charge in [-0.25, -0.2) is 9.78 Å². The third kappa shape index (κ3) is 2.42. The molecule has 0 bridgehead atoms. The number of hydrogen-bond acceptors (Lipinski definition) is 4. The predicted molar refractivity (Wildman–Crippen MR) is 69.5 cm³/mol. The standard InChI is InChI=1S/C12H8ClNO3S/c1-6(15)9-10(12(16)17)18-11(14-9)7-2-4-8(13)5-3-7/h2-5H,1H3,(H,16,17). The summed E-state index contributed by atoms with van der Waals surface area (Å²) in [6.45, 7) is 1.30. The minimum Gasteiger partial charge on any atom is -0.477 e. The van der Waals surface area contributed by atoms with Gasteiger partial charge in [-0.3, -0.25) is 4.79 Å². The Morgan fingerprint density at radius 1 is 1.28 bits per heavy atom. The van der Waals surface area contributed by atoms with Crippen molar-refractivity contribution in [1.29, 1.82) is 0 Å². The van der Waals surface area contributed by atoms with Crippen molar-refractivity contribution in [3.05, 3.63) is 39.9 Å². The molecule has 1 aromatic heterocycles. The van der Waals surface area contributed by atoms with Gasteiger partial charge in [0.05, 0.1) is 0 Å². The summed E-state index contributed by atoms with van der Waals surface area (Å²) in [5.41, 5.74) is 0.733. The van der Waals surface area contributed by atoms with E-state index in [9.17, 15) is 9.59 Å². The zero-order chi connectivity index (χ0) is 13.3. The molecular formula is C12H8ClNO3S. The number of nitrogens with zero attached hydrogens (tertiary/aromatic N) is 1. The molecule has 2 aromatic rings. The van der Waals surface area contributed by atoms with Crippen LogP contribution in [0.1, 0.15) is 27.1 Å². The summed E-state index contributed by atoms with van der Waals surface area (Å²) in [5, 5.41) is 10.1. The van der Waals surface area contributed by atoms with Crippen LogP contribution in [0.4, 0.5) is 0 Å². The van der Waals surface area contributed by atoms with Gasteiger partial charge in [-0.2, -0.15) is 0 Å². The highest BCUT2D eigenvalue weighted by Crippen LogP contribution is 2.29. The summed E-state index contributed by atoms with van der Waals surface area (Å²) in [4.78, 5) is 26.4. The Hall–Kier alpha value is -1.72. The average molecular weight is 282 g/mol. The van der Waals surface area contributed by atoms with Gasteiger partial charge < -0.3 is 5.11 Å². The minimum atomic E-state index is -1.14. The number of benzene rings is 1. The maximum Gasteiger partial charge on any atom is 0.348 e. The van der Waals surface area contributed by atoms with E-state index in [1.54, 1.807) is 24.3 Å². The molecule has 4 nitrogen and oxygen atoms in total. The van der Waals surface area contributed by atoms with Gasteiger partial charge in [0.1, 0.15) is 15.6 Å². The number of rotatable bonds is 3. The number of aromatic nitrogens is 1. The number of carbonyl (C=O) groups excluding carboxylic acids is 1. The van der Waals surface area contributed by atoms with Gasteiger partial charge in [0.2, 0.25) is 0 Å². The number of aromatic carboxylic acids is 1. The van der Waals surface area contributed by atoms with Crippen LogP contribution in [0, 0.1) is 0 Å². The molecule has 92 valence electrons. The van der Waals surface area contributed by atoms with E-state index < -0.39 is 5.97 Å². The molecule has 2 rings (SSSR count). The smallest absolute Gasteiger partial charge is 0.348 e. The van der Waals surface area contributed by atoms with Crippen LogP contribution >= 0.6 is 22.9 Å². The lowest BCUT2D eigenvalue weighted by Gasteiger charge is -1.95. The van der Waals surface area contributed by atoms with Crippen LogP contribution in [-0.2, 0) is 0 Å².